The molecular formula is C12H11Cl2N5. The second-order valence-corrected chi connectivity index (χ2v) is 5.08. The lowest BCUT2D eigenvalue weighted by Gasteiger charge is -2.24. The summed E-state index contributed by atoms with van der Waals surface area (Å²) in [5.41, 5.74) is 8.84. The molecule has 2 heterocycles. The first kappa shape index (κ1) is 13.9. The highest BCUT2D eigenvalue weighted by Crippen LogP contribution is 2.36. The molecule has 2 aromatic heterocycles. The molecular weight excluding hydrogens is 285 g/mol. The van der Waals surface area contributed by atoms with E-state index in [1.807, 2.05) is 13.8 Å². The molecule has 19 heavy (non-hydrogen) atoms. The van der Waals surface area contributed by atoms with Crippen molar-refractivity contribution in [2.45, 2.75) is 25.8 Å². The normalized spacial score (nSPS) is 13.9. The minimum Gasteiger partial charge on any atom is -0.244 e. The van der Waals surface area contributed by atoms with Crippen LogP contribution >= 0.6 is 23.2 Å². The fourth-order valence-electron chi connectivity index (χ4n) is 1.92. The standard InChI is InChI=1S/C12H11Cl2N5/c1-3-12(2,18-19-15)9-6-17-11(14)8-5-16-10(13)4-7(8)9/h4-6H,3H2,1-2H3/t12-/m1/s1. The third-order valence-corrected chi connectivity index (χ3v) is 3.73. The molecule has 0 radical (unpaired) electrons. The molecule has 0 aliphatic carbocycles. The zero-order valence-corrected chi connectivity index (χ0v) is 11.9. The molecule has 7 heteroatoms. The Morgan fingerprint density at radius 3 is 2.68 bits per heavy atom. The largest absolute Gasteiger partial charge is 0.244 e. The third kappa shape index (κ3) is 2.45. The quantitative estimate of drug-likeness (QED) is 0.350. The van der Waals surface area contributed by atoms with E-state index >= 15 is 0 Å². The van der Waals surface area contributed by atoms with Crippen molar-refractivity contribution in [3.05, 3.63) is 44.8 Å². The Kier molecular flexibility index (Phi) is 3.80. The number of halogens is 2. The average molecular weight is 296 g/mol. The van der Waals surface area contributed by atoms with Crippen molar-refractivity contribution < 1.29 is 0 Å². The Bertz CT molecular complexity index is 681. The van der Waals surface area contributed by atoms with Crippen LogP contribution in [0.15, 0.2) is 23.6 Å². The van der Waals surface area contributed by atoms with Crippen molar-refractivity contribution in [2.75, 3.05) is 0 Å². The molecule has 0 N–H and O–H groups in total. The van der Waals surface area contributed by atoms with E-state index in [4.69, 9.17) is 28.7 Å². The summed E-state index contributed by atoms with van der Waals surface area (Å²) in [6, 6.07) is 1.71. The van der Waals surface area contributed by atoms with E-state index in [9.17, 15) is 0 Å². The molecule has 0 saturated carbocycles. The highest BCUT2D eigenvalue weighted by molar-refractivity contribution is 6.35. The molecule has 0 spiro atoms. The maximum atomic E-state index is 8.75. The van der Waals surface area contributed by atoms with E-state index in [0.717, 1.165) is 10.9 Å². The first-order valence-corrected chi connectivity index (χ1v) is 6.44. The van der Waals surface area contributed by atoms with Crippen LogP contribution in [0.5, 0.6) is 0 Å². The van der Waals surface area contributed by atoms with Gasteiger partial charge < -0.3 is 0 Å². The molecule has 5 nitrogen and oxygen atoms in total. The topological polar surface area (TPSA) is 74.5 Å². The van der Waals surface area contributed by atoms with Crippen LogP contribution in [-0.4, -0.2) is 9.97 Å². The van der Waals surface area contributed by atoms with Gasteiger partial charge in [0.15, 0.2) is 0 Å². The number of rotatable bonds is 3. The molecule has 2 rings (SSSR count). The van der Waals surface area contributed by atoms with Crippen LogP contribution in [-0.2, 0) is 5.54 Å². The lowest BCUT2D eigenvalue weighted by Crippen LogP contribution is -2.18. The summed E-state index contributed by atoms with van der Waals surface area (Å²) >= 11 is 12.0. The molecule has 0 aliphatic heterocycles. The van der Waals surface area contributed by atoms with Crippen LogP contribution in [0.4, 0.5) is 0 Å². The highest BCUT2D eigenvalue weighted by atomic mass is 35.5. The lowest BCUT2D eigenvalue weighted by molar-refractivity contribution is 0.476. The summed E-state index contributed by atoms with van der Waals surface area (Å²) in [5.74, 6) is 0. The number of nitrogens with zero attached hydrogens (tertiary/aromatic N) is 5. The predicted octanol–water partition coefficient (Wildman–Crippen LogP) is 4.87. The van der Waals surface area contributed by atoms with Gasteiger partial charge in [0.25, 0.3) is 0 Å². The van der Waals surface area contributed by atoms with Crippen LogP contribution in [0.2, 0.25) is 10.3 Å². The van der Waals surface area contributed by atoms with Gasteiger partial charge in [-0.15, -0.1) is 0 Å². The Morgan fingerprint density at radius 1 is 1.32 bits per heavy atom. The van der Waals surface area contributed by atoms with E-state index in [1.165, 1.54) is 0 Å². The van der Waals surface area contributed by atoms with Gasteiger partial charge in [-0.25, -0.2) is 9.97 Å². The van der Waals surface area contributed by atoms with Gasteiger partial charge in [-0.05, 0) is 35.9 Å². The van der Waals surface area contributed by atoms with E-state index < -0.39 is 5.54 Å². The maximum absolute atomic E-state index is 8.75. The molecule has 98 valence electrons. The van der Waals surface area contributed by atoms with E-state index in [0.29, 0.717) is 22.1 Å². The number of azide groups is 1. The average Bonchev–Trinajstić information content (AvgIpc) is 2.39. The third-order valence-electron chi connectivity index (χ3n) is 3.22. The molecule has 0 saturated heterocycles. The maximum Gasteiger partial charge on any atom is 0.138 e. The van der Waals surface area contributed by atoms with E-state index in [1.54, 1.807) is 18.5 Å². The summed E-state index contributed by atoms with van der Waals surface area (Å²) in [4.78, 5) is 11.1. The molecule has 0 bridgehead atoms. The highest BCUT2D eigenvalue weighted by Gasteiger charge is 2.26. The van der Waals surface area contributed by atoms with Gasteiger partial charge in [-0.3, -0.25) is 0 Å². The Morgan fingerprint density at radius 2 is 2.05 bits per heavy atom. The van der Waals surface area contributed by atoms with Crippen LogP contribution < -0.4 is 0 Å². The smallest absolute Gasteiger partial charge is 0.138 e. The molecule has 0 aromatic carbocycles. The lowest BCUT2D eigenvalue weighted by atomic mass is 9.88. The number of fused-ring (bicyclic) bond motifs is 1. The minimum atomic E-state index is -0.699. The summed E-state index contributed by atoms with van der Waals surface area (Å²) in [6.45, 7) is 3.79. The van der Waals surface area contributed by atoms with Crippen molar-refractivity contribution in [3.63, 3.8) is 0 Å². The molecule has 1 atom stereocenters. The second kappa shape index (κ2) is 5.21. The van der Waals surface area contributed by atoms with Crippen molar-refractivity contribution in [3.8, 4) is 0 Å². The zero-order chi connectivity index (χ0) is 14.0. The summed E-state index contributed by atoms with van der Waals surface area (Å²) in [5, 5.41) is 6.09. The minimum absolute atomic E-state index is 0.349. The van der Waals surface area contributed by atoms with Gasteiger partial charge in [0.1, 0.15) is 10.3 Å². The van der Waals surface area contributed by atoms with Crippen LogP contribution in [0.1, 0.15) is 25.8 Å². The Labute approximate surface area is 120 Å². The van der Waals surface area contributed by atoms with E-state index in [-0.39, 0.29) is 0 Å². The monoisotopic (exact) mass is 295 g/mol. The van der Waals surface area contributed by atoms with Crippen molar-refractivity contribution in [2.24, 2.45) is 5.11 Å². The predicted molar refractivity (Wildman–Crippen MR) is 76.3 cm³/mol. The van der Waals surface area contributed by atoms with E-state index in [2.05, 4.69) is 20.0 Å². The summed E-state index contributed by atoms with van der Waals surface area (Å²) in [6.07, 6.45) is 3.83. The van der Waals surface area contributed by atoms with Gasteiger partial charge in [0.05, 0.1) is 5.54 Å². The number of pyridine rings is 2. The number of hydrogen-bond donors (Lipinski definition) is 0. The second-order valence-electron chi connectivity index (χ2n) is 4.33. The van der Waals surface area contributed by atoms with Crippen LogP contribution in [0.3, 0.4) is 0 Å². The van der Waals surface area contributed by atoms with Crippen molar-refractivity contribution in [1.29, 1.82) is 0 Å². The number of aromatic nitrogens is 2. The Balaban J connectivity index is 2.84. The van der Waals surface area contributed by atoms with Gasteiger partial charge in [-0.1, -0.05) is 35.2 Å². The molecule has 0 fully saturated rings. The van der Waals surface area contributed by atoms with Crippen LogP contribution in [0.25, 0.3) is 21.2 Å². The van der Waals surface area contributed by atoms with Gasteiger partial charge in [-0.2, -0.15) is 0 Å². The van der Waals surface area contributed by atoms with Gasteiger partial charge in [0.2, 0.25) is 0 Å². The first-order chi connectivity index (χ1) is 9.01. The zero-order valence-electron chi connectivity index (χ0n) is 10.4. The molecule has 0 amide bonds. The molecule has 0 aliphatic rings. The van der Waals surface area contributed by atoms with Crippen LogP contribution in [0, 0.1) is 0 Å². The summed E-state index contributed by atoms with van der Waals surface area (Å²) < 4.78 is 0. The van der Waals surface area contributed by atoms with Crippen molar-refractivity contribution >= 4 is 34.0 Å². The fraction of sp³-hybridized carbons (Fsp3) is 0.333. The Hall–Kier alpha value is -1.55. The first-order valence-electron chi connectivity index (χ1n) is 5.68. The number of hydrogen-bond acceptors (Lipinski definition) is 3. The van der Waals surface area contributed by atoms with Gasteiger partial charge in [0, 0.05) is 22.7 Å². The molecule has 2 aromatic rings. The SMILES string of the molecule is CC[C@@](C)(N=[N+]=[N-])c1cnc(Cl)c2cnc(Cl)cc12. The fourth-order valence-corrected chi connectivity index (χ4v) is 2.28. The summed E-state index contributed by atoms with van der Waals surface area (Å²) in [7, 11) is 0. The molecule has 0 unspecified atom stereocenters. The van der Waals surface area contributed by atoms with Crippen molar-refractivity contribution in [1.82, 2.24) is 9.97 Å². The van der Waals surface area contributed by atoms with Gasteiger partial charge >= 0.3 is 0 Å².